The number of nitrogens with zero attached hydrogens (tertiary/aromatic N) is 2. The second-order valence-electron chi connectivity index (χ2n) is 4.42. The number of halogens is 1. The first kappa shape index (κ1) is 15.1. The van der Waals surface area contributed by atoms with Crippen molar-refractivity contribution in [2.75, 3.05) is 7.05 Å². The van der Waals surface area contributed by atoms with Crippen LogP contribution in [0.3, 0.4) is 0 Å². The molecule has 0 bridgehead atoms. The number of likely N-dealkylation sites (tertiary alicyclic amines) is 1. The van der Waals surface area contributed by atoms with Crippen LogP contribution in [0.5, 0.6) is 0 Å². The predicted molar refractivity (Wildman–Crippen MR) is 67.6 cm³/mol. The molecule has 1 aliphatic rings. The van der Waals surface area contributed by atoms with Gasteiger partial charge in [0.25, 0.3) is 0 Å². The molecule has 1 aromatic rings. The van der Waals surface area contributed by atoms with Crippen molar-refractivity contribution in [1.82, 2.24) is 9.62 Å². The molecule has 1 atom stereocenters. The Balaban J connectivity index is 2.30. The average molecular weight is 311 g/mol. The molecular formula is C12H10FN3O4S. The molecule has 21 heavy (non-hydrogen) atoms. The average Bonchev–Trinajstić information content (AvgIpc) is 2.66. The monoisotopic (exact) mass is 311 g/mol. The smallest absolute Gasteiger partial charge is 0.247 e. The number of sulfonamides is 1. The van der Waals surface area contributed by atoms with Gasteiger partial charge in [-0.25, -0.2) is 12.8 Å². The van der Waals surface area contributed by atoms with Gasteiger partial charge in [-0.05, 0) is 18.2 Å². The standard InChI is InChI=1S/C12H10FN3O4S/c1-16-11(17)5-10(12(16)18)15-21(19,20)8-2-3-9(13)7(4-8)6-14/h2-4,10,15H,5H2,1H3. The van der Waals surface area contributed by atoms with Crippen LogP contribution < -0.4 is 4.72 Å². The van der Waals surface area contributed by atoms with Crippen LogP contribution >= 0.6 is 0 Å². The second-order valence-corrected chi connectivity index (χ2v) is 6.14. The molecule has 1 N–H and O–H groups in total. The molecule has 0 aliphatic carbocycles. The van der Waals surface area contributed by atoms with E-state index in [2.05, 4.69) is 4.72 Å². The number of imide groups is 1. The van der Waals surface area contributed by atoms with Crippen LogP contribution in [0.2, 0.25) is 0 Å². The van der Waals surface area contributed by atoms with E-state index in [0.717, 1.165) is 23.1 Å². The lowest BCUT2D eigenvalue weighted by molar-refractivity contribution is -0.137. The maximum Gasteiger partial charge on any atom is 0.247 e. The maximum atomic E-state index is 13.2. The molecule has 1 heterocycles. The quantitative estimate of drug-likeness (QED) is 0.773. The fourth-order valence-corrected chi connectivity index (χ4v) is 3.08. The van der Waals surface area contributed by atoms with E-state index in [-0.39, 0.29) is 11.3 Å². The largest absolute Gasteiger partial charge is 0.284 e. The molecular weight excluding hydrogens is 301 g/mol. The van der Waals surface area contributed by atoms with Gasteiger partial charge >= 0.3 is 0 Å². The number of hydrogen-bond acceptors (Lipinski definition) is 5. The topological polar surface area (TPSA) is 107 Å². The molecule has 0 aromatic heterocycles. The van der Waals surface area contributed by atoms with Crippen molar-refractivity contribution >= 4 is 21.8 Å². The van der Waals surface area contributed by atoms with Crippen molar-refractivity contribution in [3.05, 3.63) is 29.6 Å². The summed E-state index contributed by atoms with van der Waals surface area (Å²) in [7, 11) is -2.89. The molecule has 1 saturated heterocycles. The molecule has 0 radical (unpaired) electrons. The maximum absolute atomic E-state index is 13.2. The molecule has 110 valence electrons. The zero-order chi connectivity index (χ0) is 15.8. The summed E-state index contributed by atoms with van der Waals surface area (Å²) in [5.41, 5.74) is -0.427. The van der Waals surface area contributed by atoms with Gasteiger partial charge in [-0.3, -0.25) is 14.5 Å². The number of amides is 2. The minimum absolute atomic E-state index is 0.277. The van der Waals surface area contributed by atoms with Crippen molar-refractivity contribution in [3.8, 4) is 6.07 Å². The van der Waals surface area contributed by atoms with Crippen molar-refractivity contribution in [2.45, 2.75) is 17.4 Å². The number of rotatable bonds is 3. The Labute approximate surface area is 120 Å². The number of hydrogen-bond donors (Lipinski definition) is 1. The van der Waals surface area contributed by atoms with Gasteiger partial charge in [0.2, 0.25) is 21.8 Å². The first-order valence-electron chi connectivity index (χ1n) is 5.78. The summed E-state index contributed by atoms with van der Waals surface area (Å²) in [6.07, 6.45) is -0.277. The Kier molecular flexibility index (Phi) is 3.76. The molecule has 2 rings (SSSR count). The Morgan fingerprint density at radius 3 is 2.62 bits per heavy atom. The summed E-state index contributed by atoms with van der Waals surface area (Å²) >= 11 is 0. The number of nitrogens with one attached hydrogen (secondary N) is 1. The highest BCUT2D eigenvalue weighted by atomic mass is 32.2. The molecule has 1 aliphatic heterocycles. The summed E-state index contributed by atoms with van der Waals surface area (Å²) in [5, 5.41) is 8.69. The van der Waals surface area contributed by atoms with Gasteiger partial charge in [0.1, 0.15) is 17.9 Å². The highest BCUT2D eigenvalue weighted by Gasteiger charge is 2.38. The van der Waals surface area contributed by atoms with E-state index in [1.807, 2.05) is 0 Å². The minimum atomic E-state index is -4.14. The van der Waals surface area contributed by atoms with Crippen LogP contribution in [-0.2, 0) is 19.6 Å². The van der Waals surface area contributed by atoms with E-state index >= 15 is 0 Å². The van der Waals surface area contributed by atoms with Gasteiger partial charge in [0, 0.05) is 7.05 Å². The van der Waals surface area contributed by atoms with Crippen LogP contribution in [0.4, 0.5) is 4.39 Å². The fraction of sp³-hybridized carbons (Fsp3) is 0.250. The Hall–Kier alpha value is -2.31. The Bertz CT molecular complexity index is 769. The van der Waals surface area contributed by atoms with E-state index in [9.17, 15) is 22.4 Å². The molecule has 0 spiro atoms. The normalized spacial score (nSPS) is 18.9. The molecule has 0 saturated carbocycles. The van der Waals surface area contributed by atoms with Gasteiger partial charge in [0.05, 0.1) is 16.9 Å². The molecule has 1 aromatic carbocycles. The van der Waals surface area contributed by atoms with Crippen molar-refractivity contribution < 1.29 is 22.4 Å². The van der Waals surface area contributed by atoms with Gasteiger partial charge in [-0.2, -0.15) is 9.98 Å². The summed E-state index contributed by atoms with van der Waals surface area (Å²) in [5.74, 6) is -2.00. The van der Waals surface area contributed by atoms with E-state index in [1.54, 1.807) is 0 Å². The summed E-state index contributed by atoms with van der Waals surface area (Å²) < 4.78 is 39.5. The van der Waals surface area contributed by atoms with E-state index < -0.39 is 39.3 Å². The van der Waals surface area contributed by atoms with E-state index in [0.29, 0.717) is 0 Å². The zero-order valence-electron chi connectivity index (χ0n) is 10.8. The molecule has 2 amide bonds. The van der Waals surface area contributed by atoms with E-state index in [4.69, 9.17) is 5.26 Å². The lowest BCUT2D eigenvalue weighted by Crippen LogP contribution is -2.40. The van der Waals surface area contributed by atoms with Gasteiger partial charge in [-0.1, -0.05) is 0 Å². The van der Waals surface area contributed by atoms with Crippen molar-refractivity contribution in [1.29, 1.82) is 5.26 Å². The lowest BCUT2D eigenvalue weighted by atomic mass is 10.2. The lowest BCUT2D eigenvalue weighted by Gasteiger charge is -2.12. The second kappa shape index (κ2) is 5.23. The first-order valence-corrected chi connectivity index (χ1v) is 7.27. The van der Waals surface area contributed by atoms with Gasteiger partial charge < -0.3 is 0 Å². The van der Waals surface area contributed by atoms with Gasteiger partial charge in [0.15, 0.2) is 0 Å². The number of likely N-dealkylation sites (N-methyl/N-ethyl adjacent to an activating group) is 1. The number of benzene rings is 1. The van der Waals surface area contributed by atoms with Crippen molar-refractivity contribution in [3.63, 3.8) is 0 Å². The Morgan fingerprint density at radius 2 is 2.10 bits per heavy atom. The number of carbonyl (C=O) groups excluding carboxylic acids is 2. The highest BCUT2D eigenvalue weighted by Crippen LogP contribution is 2.17. The molecule has 9 heteroatoms. The van der Waals surface area contributed by atoms with Crippen LogP contribution in [0.15, 0.2) is 23.1 Å². The van der Waals surface area contributed by atoms with Crippen LogP contribution in [0.1, 0.15) is 12.0 Å². The van der Waals surface area contributed by atoms with E-state index in [1.165, 1.54) is 13.1 Å². The zero-order valence-corrected chi connectivity index (χ0v) is 11.6. The van der Waals surface area contributed by atoms with Crippen LogP contribution in [0.25, 0.3) is 0 Å². The predicted octanol–water partition coefficient (Wildman–Crippen LogP) is -0.267. The Morgan fingerprint density at radius 1 is 1.43 bits per heavy atom. The number of nitriles is 1. The molecule has 1 unspecified atom stereocenters. The third-order valence-corrected chi connectivity index (χ3v) is 4.52. The van der Waals surface area contributed by atoms with Crippen LogP contribution in [-0.4, -0.2) is 38.2 Å². The first-order chi connectivity index (χ1) is 9.76. The molecule has 7 nitrogen and oxygen atoms in total. The third-order valence-electron chi connectivity index (χ3n) is 3.05. The fourth-order valence-electron chi connectivity index (χ4n) is 1.86. The summed E-state index contributed by atoms with van der Waals surface area (Å²) in [4.78, 5) is 23.5. The van der Waals surface area contributed by atoms with Gasteiger partial charge in [-0.15, -0.1) is 0 Å². The summed E-state index contributed by atoms with van der Waals surface area (Å²) in [6.45, 7) is 0. The SMILES string of the molecule is CN1C(=O)CC(NS(=O)(=O)c2ccc(F)c(C#N)c2)C1=O. The summed E-state index contributed by atoms with van der Waals surface area (Å²) in [6, 6.07) is 3.02. The minimum Gasteiger partial charge on any atom is -0.284 e. The van der Waals surface area contributed by atoms with Crippen molar-refractivity contribution in [2.24, 2.45) is 0 Å². The molecule has 1 fully saturated rings. The highest BCUT2D eigenvalue weighted by molar-refractivity contribution is 7.89. The van der Waals surface area contributed by atoms with Crippen LogP contribution in [0, 0.1) is 17.1 Å². The number of carbonyl (C=O) groups is 2. The third kappa shape index (κ3) is 2.76.